The van der Waals surface area contributed by atoms with Gasteiger partial charge in [-0.1, -0.05) is 26.0 Å². The van der Waals surface area contributed by atoms with Crippen LogP contribution in [0.4, 0.5) is 0 Å². The Morgan fingerprint density at radius 3 is 2.43 bits per heavy atom. The summed E-state index contributed by atoms with van der Waals surface area (Å²) in [5.74, 6) is -0.103. The third-order valence-corrected chi connectivity index (χ3v) is 1.79. The zero-order chi connectivity index (χ0) is 10.6. The molecule has 0 amide bonds. The Kier molecular flexibility index (Phi) is 3.51. The number of hydrogen-bond donors (Lipinski definition) is 1. The molecule has 0 spiro atoms. The molecule has 0 radical (unpaired) electrons. The molecule has 1 aromatic rings. The van der Waals surface area contributed by atoms with Gasteiger partial charge in [0, 0.05) is 0 Å². The third-order valence-electron chi connectivity index (χ3n) is 1.79. The first-order valence-electron chi connectivity index (χ1n) is 4.54. The minimum Gasteiger partial charge on any atom is -0.508 e. The van der Waals surface area contributed by atoms with E-state index < -0.39 is 0 Å². The van der Waals surface area contributed by atoms with Crippen LogP contribution >= 0.6 is 0 Å². The molecule has 0 aliphatic heterocycles. The number of phenolic OH excluding ortho intramolecular Hbond substituents is 1. The van der Waals surface area contributed by atoms with Crippen LogP contribution < -0.4 is 0 Å². The van der Waals surface area contributed by atoms with Crippen molar-refractivity contribution in [3.8, 4) is 5.75 Å². The predicted molar refractivity (Wildman–Crippen MR) is 52.7 cm³/mol. The van der Waals surface area contributed by atoms with Gasteiger partial charge in [0.1, 0.15) is 12.4 Å². The van der Waals surface area contributed by atoms with E-state index in [0.717, 1.165) is 5.56 Å². The van der Waals surface area contributed by atoms with Gasteiger partial charge in [-0.2, -0.15) is 0 Å². The molecule has 1 aromatic carbocycles. The van der Waals surface area contributed by atoms with Crippen molar-refractivity contribution in [1.82, 2.24) is 0 Å². The molecule has 14 heavy (non-hydrogen) atoms. The standard InChI is InChI=1S/C11H14O3/c1-8(2)11(13)14-7-9-3-5-10(12)6-4-9/h3-6,8,12H,7H2,1-2H3. The number of hydrogen-bond acceptors (Lipinski definition) is 3. The molecule has 0 unspecified atom stereocenters. The van der Waals surface area contributed by atoms with Crippen molar-refractivity contribution >= 4 is 5.97 Å². The Labute approximate surface area is 83.3 Å². The van der Waals surface area contributed by atoms with Gasteiger partial charge in [0.15, 0.2) is 0 Å². The molecule has 0 saturated carbocycles. The molecule has 1 rings (SSSR count). The maximum absolute atomic E-state index is 11.1. The van der Waals surface area contributed by atoms with Crippen molar-refractivity contribution < 1.29 is 14.6 Å². The first kappa shape index (κ1) is 10.6. The highest BCUT2D eigenvalue weighted by atomic mass is 16.5. The van der Waals surface area contributed by atoms with Gasteiger partial charge in [0.2, 0.25) is 0 Å². The summed E-state index contributed by atoms with van der Waals surface area (Å²) < 4.78 is 5.01. The fourth-order valence-corrected chi connectivity index (χ4v) is 0.913. The second kappa shape index (κ2) is 4.65. The molecule has 0 heterocycles. The van der Waals surface area contributed by atoms with Crippen LogP contribution in [0.2, 0.25) is 0 Å². The Bertz CT molecular complexity index is 301. The Hall–Kier alpha value is -1.51. The highest BCUT2D eigenvalue weighted by molar-refractivity contribution is 5.71. The summed E-state index contributed by atoms with van der Waals surface area (Å²) in [6.07, 6.45) is 0. The summed E-state index contributed by atoms with van der Waals surface area (Å²) in [5, 5.41) is 9.01. The van der Waals surface area contributed by atoms with Crippen LogP contribution in [0, 0.1) is 5.92 Å². The van der Waals surface area contributed by atoms with Crippen molar-refractivity contribution in [2.45, 2.75) is 20.5 Å². The molecule has 0 aromatic heterocycles. The molecule has 0 aliphatic rings. The van der Waals surface area contributed by atoms with Crippen LogP contribution in [0.15, 0.2) is 24.3 Å². The van der Waals surface area contributed by atoms with Crippen molar-refractivity contribution in [2.24, 2.45) is 5.92 Å². The summed E-state index contributed by atoms with van der Waals surface area (Å²) in [5.41, 5.74) is 0.872. The summed E-state index contributed by atoms with van der Waals surface area (Å²) >= 11 is 0. The van der Waals surface area contributed by atoms with E-state index in [0.29, 0.717) is 0 Å². The van der Waals surface area contributed by atoms with E-state index in [2.05, 4.69) is 0 Å². The molecule has 3 heteroatoms. The average molecular weight is 194 g/mol. The van der Waals surface area contributed by atoms with E-state index in [4.69, 9.17) is 9.84 Å². The highest BCUT2D eigenvalue weighted by Crippen LogP contribution is 2.11. The van der Waals surface area contributed by atoms with Gasteiger partial charge in [0.05, 0.1) is 5.92 Å². The summed E-state index contributed by atoms with van der Waals surface area (Å²) in [4.78, 5) is 11.1. The topological polar surface area (TPSA) is 46.5 Å². The van der Waals surface area contributed by atoms with Crippen molar-refractivity contribution in [3.05, 3.63) is 29.8 Å². The van der Waals surface area contributed by atoms with Crippen molar-refractivity contribution in [2.75, 3.05) is 0 Å². The average Bonchev–Trinajstić information content (AvgIpc) is 2.16. The largest absolute Gasteiger partial charge is 0.508 e. The molecule has 1 N–H and O–H groups in total. The lowest BCUT2D eigenvalue weighted by molar-refractivity contribution is -0.148. The van der Waals surface area contributed by atoms with Gasteiger partial charge >= 0.3 is 5.97 Å². The van der Waals surface area contributed by atoms with Crippen LogP contribution in [-0.4, -0.2) is 11.1 Å². The molecular weight excluding hydrogens is 180 g/mol. The van der Waals surface area contributed by atoms with Gasteiger partial charge in [-0.15, -0.1) is 0 Å². The van der Waals surface area contributed by atoms with Gasteiger partial charge in [-0.3, -0.25) is 4.79 Å². The van der Waals surface area contributed by atoms with Gasteiger partial charge in [0.25, 0.3) is 0 Å². The maximum atomic E-state index is 11.1. The summed E-state index contributed by atoms with van der Waals surface area (Å²) in [6, 6.07) is 6.59. The Morgan fingerprint density at radius 1 is 1.36 bits per heavy atom. The van der Waals surface area contributed by atoms with Crippen LogP contribution in [0.5, 0.6) is 5.75 Å². The second-order valence-corrected chi connectivity index (χ2v) is 3.43. The zero-order valence-corrected chi connectivity index (χ0v) is 8.36. The molecule has 76 valence electrons. The zero-order valence-electron chi connectivity index (χ0n) is 8.36. The number of carbonyl (C=O) groups excluding carboxylic acids is 1. The molecule has 0 fully saturated rings. The maximum Gasteiger partial charge on any atom is 0.308 e. The summed E-state index contributed by atoms with van der Waals surface area (Å²) in [7, 11) is 0. The van der Waals surface area contributed by atoms with Gasteiger partial charge in [-0.05, 0) is 17.7 Å². The van der Waals surface area contributed by atoms with E-state index in [-0.39, 0.29) is 24.2 Å². The first-order valence-corrected chi connectivity index (χ1v) is 4.54. The number of phenols is 1. The SMILES string of the molecule is CC(C)C(=O)OCc1ccc(O)cc1. The van der Waals surface area contributed by atoms with E-state index in [1.165, 1.54) is 0 Å². The molecule has 0 bridgehead atoms. The molecule has 0 atom stereocenters. The van der Waals surface area contributed by atoms with Crippen molar-refractivity contribution in [1.29, 1.82) is 0 Å². The van der Waals surface area contributed by atoms with Gasteiger partial charge in [-0.25, -0.2) is 0 Å². The monoisotopic (exact) mass is 194 g/mol. The van der Waals surface area contributed by atoms with E-state index in [1.54, 1.807) is 38.1 Å². The lowest BCUT2D eigenvalue weighted by Crippen LogP contribution is -2.11. The Balaban J connectivity index is 2.46. The number of carbonyl (C=O) groups is 1. The lowest BCUT2D eigenvalue weighted by Gasteiger charge is -2.06. The molecular formula is C11H14O3. The molecule has 0 aliphatic carbocycles. The Morgan fingerprint density at radius 2 is 1.93 bits per heavy atom. The van der Waals surface area contributed by atoms with Crippen LogP contribution in [-0.2, 0) is 16.1 Å². The lowest BCUT2D eigenvalue weighted by atomic mass is 10.2. The third kappa shape index (κ3) is 3.09. The number of rotatable bonds is 3. The van der Waals surface area contributed by atoms with Crippen LogP contribution in [0.25, 0.3) is 0 Å². The van der Waals surface area contributed by atoms with E-state index in [1.807, 2.05) is 0 Å². The molecule has 0 saturated heterocycles. The van der Waals surface area contributed by atoms with Crippen LogP contribution in [0.1, 0.15) is 19.4 Å². The highest BCUT2D eigenvalue weighted by Gasteiger charge is 2.07. The minimum absolute atomic E-state index is 0.105. The fourth-order valence-electron chi connectivity index (χ4n) is 0.913. The summed E-state index contributed by atoms with van der Waals surface area (Å²) in [6.45, 7) is 3.84. The first-order chi connectivity index (χ1) is 6.59. The number of aromatic hydroxyl groups is 1. The minimum atomic E-state index is -0.210. The number of ether oxygens (including phenoxy) is 1. The number of benzene rings is 1. The fraction of sp³-hybridized carbons (Fsp3) is 0.364. The normalized spacial score (nSPS) is 10.2. The molecule has 3 nitrogen and oxygen atoms in total. The van der Waals surface area contributed by atoms with Crippen LogP contribution in [0.3, 0.4) is 0 Å². The smallest absolute Gasteiger partial charge is 0.308 e. The van der Waals surface area contributed by atoms with Crippen molar-refractivity contribution in [3.63, 3.8) is 0 Å². The second-order valence-electron chi connectivity index (χ2n) is 3.43. The predicted octanol–water partition coefficient (Wildman–Crippen LogP) is 2.09. The van der Waals surface area contributed by atoms with E-state index >= 15 is 0 Å². The quantitative estimate of drug-likeness (QED) is 0.749. The van der Waals surface area contributed by atoms with E-state index in [9.17, 15) is 4.79 Å². The van der Waals surface area contributed by atoms with Gasteiger partial charge < -0.3 is 9.84 Å². The number of esters is 1.